The van der Waals surface area contributed by atoms with Crippen LogP contribution in [-0.2, 0) is 14.3 Å². The smallest absolute Gasteiger partial charge is 0.224 e. The van der Waals surface area contributed by atoms with Gasteiger partial charge in [0.05, 0.1) is 12.5 Å². The average molecular weight is 256 g/mol. The molecule has 2 fully saturated rings. The van der Waals surface area contributed by atoms with Crippen molar-refractivity contribution < 1.29 is 14.3 Å². The standard InChI is InChI=1S/C13H24N2O3/c1-13(2)17-8-9(18-13)7-15-12(16)10-5-3-4-6-11(10)14/h9-11H,3-8,14H2,1-2H3,(H,15,16). The van der Waals surface area contributed by atoms with Gasteiger partial charge in [-0.3, -0.25) is 4.79 Å². The van der Waals surface area contributed by atoms with E-state index in [2.05, 4.69) is 5.32 Å². The molecular formula is C13H24N2O3. The summed E-state index contributed by atoms with van der Waals surface area (Å²) >= 11 is 0. The van der Waals surface area contributed by atoms with E-state index in [1.165, 1.54) is 0 Å². The van der Waals surface area contributed by atoms with Crippen molar-refractivity contribution in [2.45, 2.75) is 57.5 Å². The Hall–Kier alpha value is -0.650. The Morgan fingerprint density at radius 3 is 2.72 bits per heavy atom. The highest BCUT2D eigenvalue weighted by Crippen LogP contribution is 2.24. The number of rotatable bonds is 3. The zero-order chi connectivity index (χ0) is 13.2. The van der Waals surface area contributed by atoms with Crippen LogP contribution in [0.25, 0.3) is 0 Å². The van der Waals surface area contributed by atoms with E-state index in [0.717, 1.165) is 25.7 Å². The van der Waals surface area contributed by atoms with Gasteiger partial charge in [0.1, 0.15) is 6.10 Å². The van der Waals surface area contributed by atoms with E-state index < -0.39 is 5.79 Å². The van der Waals surface area contributed by atoms with Crippen LogP contribution in [0.4, 0.5) is 0 Å². The van der Waals surface area contributed by atoms with Crippen LogP contribution in [0.1, 0.15) is 39.5 Å². The normalized spacial score (nSPS) is 35.4. The summed E-state index contributed by atoms with van der Waals surface area (Å²) in [6.07, 6.45) is 4.04. The molecule has 2 aliphatic rings. The molecule has 1 saturated carbocycles. The van der Waals surface area contributed by atoms with Crippen molar-refractivity contribution in [2.24, 2.45) is 11.7 Å². The van der Waals surface area contributed by atoms with Gasteiger partial charge < -0.3 is 20.5 Å². The second kappa shape index (κ2) is 5.55. The van der Waals surface area contributed by atoms with E-state index in [4.69, 9.17) is 15.2 Å². The molecule has 104 valence electrons. The number of hydrogen-bond donors (Lipinski definition) is 2. The predicted molar refractivity (Wildman–Crippen MR) is 67.8 cm³/mol. The quantitative estimate of drug-likeness (QED) is 0.782. The lowest BCUT2D eigenvalue weighted by Crippen LogP contribution is -2.45. The minimum absolute atomic E-state index is 0.0101. The maximum Gasteiger partial charge on any atom is 0.224 e. The predicted octanol–water partition coefficient (Wildman–Crippen LogP) is 0.772. The number of carbonyl (C=O) groups is 1. The highest BCUT2D eigenvalue weighted by molar-refractivity contribution is 5.79. The third-order valence-electron chi connectivity index (χ3n) is 3.73. The molecule has 5 heteroatoms. The van der Waals surface area contributed by atoms with Gasteiger partial charge in [-0.2, -0.15) is 0 Å². The summed E-state index contributed by atoms with van der Waals surface area (Å²) in [6.45, 7) is 4.80. The molecule has 0 aromatic heterocycles. The molecule has 1 aliphatic heterocycles. The summed E-state index contributed by atoms with van der Waals surface area (Å²) in [4.78, 5) is 12.0. The summed E-state index contributed by atoms with van der Waals surface area (Å²) in [5.74, 6) is -0.499. The van der Waals surface area contributed by atoms with Crippen molar-refractivity contribution in [3.05, 3.63) is 0 Å². The number of hydrogen-bond acceptors (Lipinski definition) is 4. The van der Waals surface area contributed by atoms with Crippen molar-refractivity contribution in [1.82, 2.24) is 5.32 Å². The fourth-order valence-corrected chi connectivity index (χ4v) is 2.69. The summed E-state index contributed by atoms with van der Waals surface area (Å²) in [5, 5.41) is 2.94. The maximum absolute atomic E-state index is 12.0. The number of nitrogens with two attached hydrogens (primary N) is 1. The van der Waals surface area contributed by atoms with E-state index in [1.807, 2.05) is 13.8 Å². The third-order valence-corrected chi connectivity index (χ3v) is 3.73. The second-order valence-electron chi connectivity index (χ2n) is 5.75. The third kappa shape index (κ3) is 3.43. The molecule has 1 saturated heterocycles. The summed E-state index contributed by atoms with van der Waals surface area (Å²) in [5.41, 5.74) is 5.99. The van der Waals surface area contributed by atoms with Crippen molar-refractivity contribution in [2.75, 3.05) is 13.2 Å². The first-order valence-corrected chi connectivity index (χ1v) is 6.83. The van der Waals surface area contributed by atoms with Gasteiger partial charge in [0.2, 0.25) is 5.91 Å². The lowest BCUT2D eigenvalue weighted by atomic mass is 9.84. The van der Waals surface area contributed by atoms with Gasteiger partial charge in [-0.1, -0.05) is 12.8 Å². The molecule has 3 unspecified atom stereocenters. The van der Waals surface area contributed by atoms with E-state index in [0.29, 0.717) is 13.2 Å². The minimum Gasteiger partial charge on any atom is -0.353 e. The second-order valence-corrected chi connectivity index (χ2v) is 5.75. The number of carbonyl (C=O) groups excluding carboxylic acids is 1. The molecule has 1 aliphatic carbocycles. The molecule has 3 N–H and O–H groups in total. The zero-order valence-electron chi connectivity index (χ0n) is 11.3. The number of amides is 1. The molecule has 18 heavy (non-hydrogen) atoms. The summed E-state index contributed by atoms with van der Waals surface area (Å²) in [6, 6.07) is 0.0101. The van der Waals surface area contributed by atoms with E-state index in [-0.39, 0.29) is 24.0 Å². The SMILES string of the molecule is CC1(C)OCC(CNC(=O)C2CCCCC2N)O1. The van der Waals surface area contributed by atoms with Gasteiger partial charge in [-0.25, -0.2) is 0 Å². The van der Waals surface area contributed by atoms with E-state index in [1.54, 1.807) is 0 Å². The molecule has 1 heterocycles. The molecule has 5 nitrogen and oxygen atoms in total. The van der Waals surface area contributed by atoms with E-state index in [9.17, 15) is 4.79 Å². The van der Waals surface area contributed by atoms with Crippen LogP contribution in [0.2, 0.25) is 0 Å². The first kappa shape index (κ1) is 13.8. The van der Waals surface area contributed by atoms with Crippen molar-refractivity contribution in [3.63, 3.8) is 0 Å². The van der Waals surface area contributed by atoms with Gasteiger partial charge in [0.25, 0.3) is 0 Å². The Bertz CT molecular complexity index is 307. The lowest BCUT2D eigenvalue weighted by molar-refractivity contribution is -0.140. The summed E-state index contributed by atoms with van der Waals surface area (Å²) < 4.78 is 11.1. The topological polar surface area (TPSA) is 73.6 Å². The van der Waals surface area contributed by atoms with Crippen LogP contribution in [0, 0.1) is 5.92 Å². The Morgan fingerprint density at radius 2 is 2.11 bits per heavy atom. The van der Waals surface area contributed by atoms with Crippen LogP contribution >= 0.6 is 0 Å². The Balaban J connectivity index is 1.75. The first-order chi connectivity index (χ1) is 8.48. The molecule has 1 amide bonds. The average Bonchev–Trinajstić information content (AvgIpc) is 2.66. The Kier molecular flexibility index (Phi) is 4.25. The highest BCUT2D eigenvalue weighted by atomic mass is 16.7. The van der Waals surface area contributed by atoms with Crippen molar-refractivity contribution in [1.29, 1.82) is 0 Å². The fraction of sp³-hybridized carbons (Fsp3) is 0.923. The molecule has 0 radical (unpaired) electrons. The van der Waals surface area contributed by atoms with Crippen LogP contribution in [0.15, 0.2) is 0 Å². The van der Waals surface area contributed by atoms with Gasteiger partial charge in [0.15, 0.2) is 5.79 Å². The van der Waals surface area contributed by atoms with Crippen molar-refractivity contribution >= 4 is 5.91 Å². The first-order valence-electron chi connectivity index (χ1n) is 6.83. The fourth-order valence-electron chi connectivity index (χ4n) is 2.69. The molecule has 0 aromatic rings. The molecular weight excluding hydrogens is 232 g/mol. The zero-order valence-corrected chi connectivity index (χ0v) is 11.3. The van der Waals surface area contributed by atoms with Gasteiger partial charge in [-0.05, 0) is 26.7 Å². The van der Waals surface area contributed by atoms with Gasteiger partial charge in [0, 0.05) is 12.6 Å². The monoisotopic (exact) mass is 256 g/mol. The summed E-state index contributed by atoms with van der Waals surface area (Å²) in [7, 11) is 0. The molecule has 0 bridgehead atoms. The largest absolute Gasteiger partial charge is 0.353 e. The molecule has 0 spiro atoms. The van der Waals surface area contributed by atoms with Crippen LogP contribution in [0.3, 0.4) is 0 Å². The number of ether oxygens (including phenoxy) is 2. The molecule has 2 rings (SSSR count). The molecule has 3 atom stereocenters. The Morgan fingerprint density at radius 1 is 1.39 bits per heavy atom. The van der Waals surface area contributed by atoms with Crippen LogP contribution in [0.5, 0.6) is 0 Å². The number of nitrogens with one attached hydrogen (secondary N) is 1. The minimum atomic E-state index is -0.531. The molecule has 0 aromatic carbocycles. The van der Waals surface area contributed by atoms with Gasteiger partial charge in [-0.15, -0.1) is 0 Å². The van der Waals surface area contributed by atoms with E-state index >= 15 is 0 Å². The highest BCUT2D eigenvalue weighted by Gasteiger charge is 2.34. The van der Waals surface area contributed by atoms with Crippen LogP contribution in [-0.4, -0.2) is 37.0 Å². The maximum atomic E-state index is 12.0. The van der Waals surface area contributed by atoms with Gasteiger partial charge >= 0.3 is 0 Å². The Labute approximate surface area is 108 Å². The van der Waals surface area contributed by atoms with Crippen LogP contribution < -0.4 is 11.1 Å². The van der Waals surface area contributed by atoms with Crippen molar-refractivity contribution in [3.8, 4) is 0 Å². The lowest BCUT2D eigenvalue weighted by Gasteiger charge is -2.27.